The molecule has 0 aliphatic rings. The second kappa shape index (κ2) is 4.72. The van der Waals surface area contributed by atoms with Crippen LogP contribution >= 0.6 is 0 Å². The molecule has 0 radical (unpaired) electrons. The molecule has 2 rings (SSSR count). The second-order valence-electron chi connectivity index (χ2n) is 3.42. The lowest BCUT2D eigenvalue weighted by atomic mass is 10.1. The van der Waals surface area contributed by atoms with E-state index in [1.54, 1.807) is 6.07 Å². The Bertz CT molecular complexity index is 572. The SMILES string of the molecule is O=c1[nH]cnc2ccc(C=CCCO)cc12. The van der Waals surface area contributed by atoms with E-state index < -0.39 is 0 Å². The zero-order valence-corrected chi connectivity index (χ0v) is 8.68. The van der Waals surface area contributed by atoms with E-state index in [0.29, 0.717) is 17.3 Å². The van der Waals surface area contributed by atoms with Crippen LogP contribution in [0.15, 0.2) is 35.4 Å². The van der Waals surface area contributed by atoms with Crippen LogP contribution in [-0.2, 0) is 0 Å². The Morgan fingerprint density at radius 1 is 1.44 bits per heavy atom. The van der Waals surface area contributed by atoms with Gasteiger partial charge >= 0.3 is 0 Å². The molecule has 0 fully saturated rings. The van der Waals surface area contributed by atoms with Crippen molar-refractivity contribution in [3.8, 4) is 0 Å². The monoisotopic (exact) mass is 216 g/mol. The van der Waals surface area contributed by atoms with Gasteiger partial charge in [-0.3, -0.25) is 4.79 Å². The van der Waals surface area contributed by atoms with Crippen molar-refractivity contribution in [2.45, 2.75) is 6.42 Å². The Labute approximate surface area is 92.3 Å². The lowest BCUT2D eigenvalue weighted by Crippen LogP contribution is -2.05. The molecule has 1 aromatic heterocycles. The number of rotatable bonds is 3. The number of aliphatic hydroxyl groups is 1. The molecule has 0 amide bonds. The van der Waals surface area contributed by atoms with Crippen LogP contribution in [0, 0.1) is 0 Å². The van der Waals surface area contributed by atoms with Crippen molar-refractivity contribution < 1.29 is 5.11 Å². The molecular weight excluding hydrogens is 204 g/mol. The van der Waals surface area contributed by atoms with Gasteiger partial charge in [0, 0.05) is 6.61 Å². The van der Waals surface area contributed by atoms with Gasteiger partial charge in [0.25, 0.3) is 5.56 Å². The molecule has 0 atom stereocenters. The molecule has 0 bridgehead atoms. The molecule has 1 aromatic carbocycles. The Morgan fingerprint density at radius 3 is 3.12 bits per heavy atom. The number of aromatic nitrogens is 2. The van der Waals surface area contributed by atoms with Gasteiger partial charge in [0.05, 0.1) is 17.2 Å². The van der Waals surface area contributed by atoms with Crippen LogP contribution in [-0.4, -0.2) is 21.7 Å². The van der Waals surface area contributed by atoms with Crippen molar-refractivity contribution in [3.63, 3.8) is 0 Å². The summed E-state index contributed by atoms with van der Waals surface area (Å²) in [6.45, 7) is 0.131. The van der Waals surface area contributed by atoms with Gasteiger partial charge in [0.2, 0.25) is 0 Å². The van der Waals surface area contributed by atoms with Gasteiger partial charge in [0.15, 0.2) is 0 Å². The van der Waals surface area contributed by atoms with Gasteiger partial charge in [-0.1, -0.05) is 18.2 Å². The van der Waals surface area contributed by atoms with E-state index in [9.17, 15) is 4.79 Å². The zero-order chi connectivity index (χ0) is 11.4. The highest BCUT2D eigenvalue weighted by molar-refractivity contribution is 5.80. The average molecular weight is 216 g/mol. The molecule has 0 saturated carbocycles. The first-order valence-electron chi connectivity index (χ1n) is 5.06. The van der Waals surface area contributed by atoms with E-state index in [1.165, 1.54) is 6.33 Å². The van der Waals surface area contributed by atoms with Gasteiger partial charge < -0.3 is 10.1 Å². The zero-order valence-electron chi connectivity index (χ0n) is 8.68. The Morgan fingerprint density at radius 2 is 2.31 bits per heavy atom. The van der Waals surface area contributed by atoms with Crippen LogP contribution in [0.2, 0.25) is 0 Å². The third kappa shape index (κ3) is 2.17. The fourth-order valence-electron chi connectivity index (χ4n) is 1.48. The number of fused-ring (bicyclic) bond motifs is 1. The lowest BCUT2D eigenvalue weighted by Gasteiger charge is -1.97. The molecule has 0 unspecified atom stereocenters. The summed E-state index contributed by atoms with van der Waals surface area (Å²) in [5.74, 6) is 0. The number of H-pyrrole nitrogens is 1. The minimum absolute atomic E-state index is 0.131. The van der Waals surface area contributed by atoms with Gasteiger partial charge in [-0.15, -0.1) is 0 Å². The van der Waals surface area contributed by atoms with Crippen LogP contribution in [0.1, 0.15) is 12.0 Å². The molecule has 0 saturated heterocycles. The average Bonchev–Trinajstić information content (AvgIpc) is 2.30. The first-order chi connectivity index (χ1) is 7.81. The van der Waals surface area contributed by atoms with E-state index in [0.717, 1.165) is 5.56 Å². The summed E-state index contributed by atoms with van der Waals surface area (Å²) in [5.41, 5.74) is 1.48. The molecule has 2 aromatic rings. The third-order valence-electron chi connectivity index (χ3n) is 2.27. The summed E-state index contributed by atoms with van der Waals surface area (Å²) in [5, 5.41) is 9.22. The minimum Gasteiger partial charge on any atom is -0.396 e. The van der Waals surface area contributed by atoms with Crippen LogP contribution < -0.4 is 5.56 Å². The first kappa shape index (κ1) is 10.6. The summed E-state index contributed by atoms with van der Waals surface area (Å²) in [6.07, 6.45) is 5.75. The molecule has 4 nitrogen and oxygen atoms in total. The number of hydrogen-bond donors (Lipinski definition) is 2. The fraction of sp³-hybridized carbons (Fsp3) is 0.167. The van der Waals surface area contributed by atoms with Crippen molar-refractivity contribution in [1.29, 1.82) is 0 Å². The van der Waals surface area contributed by atoms with Gasteiger partial charge in [-0.25, -0.2) is 4.98 Å². The Balaban J connectivity index is 2.43. The molecular formula is C12H12N2O2. The largest absolute Gasteiger partial charge is 0.396 e. The maximum atomic E-state index is 11.5. The number of nitrogens with zero attached hydrogens (tertiary/aromatic N) is 1. The second-order valence-corrected chi connectivity index (χ2v) is 3.42. The van der Waals surface area contributed by atoms with Crippen molar-refractivity contribution in [1.82, 2.24) is 9.97 Å². The van der Waals surface area contributed by atoms with Crippen LogP contribution in [0.5, 0.6) is 0 Å². The summed E-state index contributed by atoms with van der Waals surface area (Å²) in [7, 11) is 0. The molecule has 16 heavy (non-hydrogen) atoms. The number of benzene rings is 1. The van der Waals surface area contributed by atoms with Gasteiger partial charge in [-0.05, 0) is 24.1 Å². The highest BCUT2D eigenvalue weighted by Crippen LogP contribution is 2.10. The summed E-state index contributed by atoms with van der Waals surface area (Å²) in [4.78, 5) is 18.1. The predicted molar refractivity (Wildman–Crippen MR) is 63.1 cm³/mol. The van der Waals surface area contributed by atoms with Crippen molar-refractivity contribution in [3.05, 3.63) is 46.5 Å². The maximum absolute atomic E-state index is 11.5. The number of nitrogens with one attached hydrogen (secondary N) is 1. The molecule has 0 spiro atoms. The molecule has 0 aliphatic carbocycles. The quantitative estimate of drug-likeness (QED) is 0.813. The topological polar surface area (TPSA) is 66.0 Å². The normalized spacial score (nSPS) is 11.3. The summed E-state index contributed by atoms with van der Waals surface area (Å²) in [6, 6.07) is 5.49. The van der Waals surface area contributed by atoms with Crippen molar-refractivity contribution >= 4 is 17.0 Å². The van der Waals surface area contributed by atoms with Crippen LogP contribution in [0.3, 0.4) is 0 Å². The third-order valence-corrected chi connectivity index (χ3v) is 2.27. The van der Waals surface area contributed by atoms with Crippen molar-refractivity contribution in [2.75, 3.05) is 6.61 Å². The van der Waals surface area contributed by atoms with E-state index in [-0.39, 0.29) is 12.2 Å². The van der Waals surface area contributed by atoms with Crippen LogP contribution in [0.4, 0.5) is 0 Å². The lowest BCUT2D eigenvalue weighted by molar-refractivity contribution is 0.303. The van der Waals surface area contributed by atoms with Gasteiger partial charge in [0.1, 0.15) is 0 Å². The molecule has 1 heterocycles. The summed E-state index contributed by atoms with van der Waals surface area (Å²) < 4.78 is 0. The number of aromatic amines is 1. The van der Waals surface area contributed by atoms with Gasteiger partial charge in [-0.2, -0.15) is 0 Å². The first-order valence-corrected chi connectivity index (χ1v) is 5.06. The maximum Gasteiger partial charge on any atom is 0.258 e. The summed E-state index contributed by atoms with van der Waals surface area (Å²) >= 11 is 0. The molecule has 2 N–H and O–H groups in total. The highest BCUT2D eigenvalue weighted by Gasteiger charge is 1.98. The molecule has 82 valence electrons. The van der Waals surface area contributed by atoms with Crippen molar-refractivity contribution in [2.24, 2.45) is 0 Å². The minimum atomic E-state index is -0.137. The number of aliphatic hydroxyl groups excluding tert-OH is 1. The standard InChI is InChI=1S/C12H12N2O2/c15-6-2-1-3-9-4-5-11-10(7-9)12(16)14-8-13-11/h1,3-5,7-8,15H,2,6H2,(H,13,14,16). The fourth-order valence-corrected chi connectivity index (χ4v) is 1.48. The molecule has 0 aliphatic heterocycles. The van der Waals surface area contributed by atoms with E-state index in [2.05, 4.69) is 9.97 Å². The Hall–Kier alpha value is -1.94. The van der Waals surface area contributed by atoms with E-state index in [4.69, 9.17) is 5.11 Å². The smallest absolute Gasteiger partial charge is 0.258 e. The predicted octanol–water partition coefficient (Wildman–Crippen LogP) is 1.32. The van der Waals surface area contributed by atoms with E-state index >= 15 is 0 Å². The highest BCUT2D eigenvalue weighted by atomic mass is 16.2. The number of hydrogen-bond acceptors (Lipinski definition) is 3. The molecule has 4 heteroatoms. The van der Waals surface area contributed by atoms with E-state index in [1.807, 2.05) is 24.3 Å². The van der Waals surface area contributed by atoms with Crippen LogP contribution in [0.25, 0.3) is 17.0 Å². The Kier molecular flexibility index (Phi) is 3.12.